The van der Waals surface area contributed by atoms with Gasteiger partial charge >= 0.3 is 0 Å². The van der Waals surface area contributed by atoms with Gasteiger partial charge in [-0.3, -0.25) is 0 Å². The summed E-state index contributed by atoms with van der Waals surface area (Å²) in [4.78, 5) is 0. The van der Waals surface area contributed by atoms with Crippen LogP contribution in [0.1, 0.15) is 19.4 Å². The molecule has 2 nitrogen and oxygen atoms in total. The Morgan fingerprint density at radius 2 is 1.80 bits per heavy atom. The van der Waals surface area contributed by atoms with E-state index in [9.17, 15) is 4.39 Å². The van der Waals surface area contributed by atoms with Crippen molar-refractivity contribution in [2.45, 2.75) is 26.4 Å². The molecule has 0 saturated heterocycles. The highest BCUT2D eigenvalue weighted by Crippen LogP contribution is 2.26. The van der Waals surface area contributed by atoms with Crippen molar-refractivity contribution in [3.05, 3.63) is 58.3 Å². The van der Waals surface area contributed by atoms with Crippen LogP contribution in [0.25, 0.3) is 0 Å². The van der Waals surface area contributed by atoms with Crippen LogP contribution in [0.5, 0.6) is 11.5 Å². The van der Waals surface area contributed by atoms with E-state index >= 15 is 0 Å². The lowest BCUT2D eigenvalue weighted by atomic mass is 10.2. The van der Waals surface area contributed by atoms with Crippen LogP contribution in [0.3, 0.4) is 0 Å². The zero-order valence-electron chi connectivity index (χ0n) is 11.5. The van der Waals surface area contributed by atoms with Crippen LogP contribution < -0.4 is 10.1 Å². The molecule has 0 aliphatic carbocycles. The van der Waals surface area contributed by atoms with Gasteiger partial charge in [-0.05, 0) is 29.8 Å². The molecule has 1 N–H and O–H groups in total. The average Bonchev–Trinajstić information content (AvgIpc) is 2.36. The SMILES string of the molecule is CC(C)NCc1ccc(Oc2cc(F)cc(Br)c2)cc1. The highest BCUT2D eigenvalue weighted by molar-refractivity contribution is 9.10. The van der Waals surface area contributed by atoms with E-state index in [0.717, 1.165) is 6.54 Å². The lowest BCUT2D eigenvalue weighted by molar-refractivity contribution is 0.476. The van der Waals surface area contributed by atoms with Gasteiger partial charge in [0.15, 0.2) is 0 Å². The molecule has 2 aromatic carbocycles. The molecule has 0 heterocycles. The molecule has 0 aliphatic heterocycles. The Kier molecular flexibility index (Phi) is 5.15. The Balaban J connectivity index is 2.03. The summed E-state index contributed by atoms with van der Waals surface area (Å²) in [7, 11) is 0. The van der Waals surface area contributed by atoms with Gasteiger partial charge < -0.3 is 10.1 Å². The molecule has 0 bridgehead atoms. The largest absolute Gasteiger partial charge is 0.457 e. The molecule has 2 aromatic rings. The number of nitrogens with one attached hydrogen (secondary N) is 1. The van der Waals surface area contributed by atoms with E-state index in [-0.39, 0.29) is 5.82 Å². The van der Waals surface area contributed by atoms with Crippen LogP contribution in [0, 0.1) is 5.82 Å². The van der Waals surface area contributed by atoms with Crippen molar-refractivity contribution >= 4 is 15.9 Å². The second-order valence-corrected chi connectivity index (χ2v) is 5.80. The third-order valence-electron chi connectivity index (χ3n) is 2.71. The second-order valence-electron chi connectivity index (χ2n) is 4.89. The molecule has 0 aliphatic rings. The van der Waals surface area contributed by atoms with Crippen LogP contribution in [-0.4, -0.2) is 6.04 Å². The monoisotopic (exact) mass is 337 g/mol. The fourth-order valence-electron chi connectivity index (χ4n) is 1.72. The highest BCUT2D eigenvalue weighted by atomic mass is 79.9. The maximum atomic E-state index is 13.3. The molecule has 0 radical (unpaired) electrons. The van der Waals surface area contributed by atoms with Gasteiger partial charge in [0.25, 0.3) is 0 Å². The van der Waals surface area contributed by atoms with Gasteiger partial charge in [0, 0.05) is 23.1 Å². The van der Waals surface area contributed by atoms with Crippen LogP contribution >= 0.6 is 15.9 Å². The summed E-state index contributed by atoms with van der Waals surface area (Å²) >= 11 is 3.24. The van der Waals surface area contributed by atoms with Crippen LogP contribution in [-0.2, 0) is 6.54 Å². The maximum absolute atomic E-state index is 13.3. The normalized spacial score (nSPS) is 10.8. The van der Waals surface area contributed by atoms with E-state index in [0.29, 0.717) is 22.0 Å². The van der Waals surface area contributed by atoms with Gasteiger partial charge in [0.05, 0.1) is 0 Å². The molecular formula is C16H17BrFNO. The molecular weight excluding hydrogens is 321 g/mol. The van der Waals surface area contributed by atoms with Gasteiger partial charge in [0.1, 0.15) is 17.3 Å². The first-order chi connectivity index (χ1) is 9.52. The van der Waals surface area contributed by atoms with Gasteiger partial charge in [-0.15, -0.1) is 0 Å². The standard InChI is InChI=1S/C16H17BrFNO/c1-11(2)19-10-12-3-5-15(6-4-12)20-16-8-13(17)7-14(18)9-16/h3-9,11,19H,10H2,1-2H3. The number of hydrogen-bond donors (Lipinski definition) is 1. The van der Waals surface area contributed by atoms with Crippen molar-refractivity contribution in [2.24, 2.45) is 0 Å². The fourth-order valence-corrected chi connectivity index (χ4v) is 2.17. The molecule has 0 unspecified atom stereocenters. The molecule has 20 heavy (non-hydrogen) atoms. The maximum Gasteiger partial charge on any atom is 0.131 e. The molecule has 0 atom stereocenters. The first-order valence-corrected chi connectivity index (χ1v) is 7.28. The third-order valence-corrected chi connectivity index (χ3v) is 3.17. The quantitative estimate of drug-likeness (QED) is 0.839. The molecule has 0 spiro atoms. The summed E-state index contributed by atoms with van der Waals surface area (Å²) in [5, 5.41) is 3.35. The van der Waals surface area contributed by atoms with Crippen molar-refractivity contribution < 1.29 is 9.13 Å². The summed E-state index contributed by atoms with van der Waals surface area (Å²) in [6, 6.07) is 12.7. The zero-order chi connectivity index (χ0) is 14.5. The minimum atomic E-state index is -0.327. The van der Waals surface area contributed by atoms with Gasteiger partial charge in [-0.25, -0.2) is 4.39 Å². The molecule has 0 saturated carbocycles. The molecule has 2 rings (SSSR count). The average molecular weight is 338 g/mol. The highest BCUT2D eigenvalue weighted by Gasteiger charge is 2.02. The molecule has 4 heteroatoms. The lowest BCUT2D eigenvalue weighted by Crippen LogP contribution is -2.21. The summed E-state index contributed by atoms with van der Waals surface area (Å²) in [5.41, 5.74) is 1.19. The summed E-state index contributed by atoms with van der Waals surface area (Å²) < 4.78 is 19.5. The molecule has 0 aromatic heterocycles. The van der Waals surface area contributed by atoms with E-state index in [2.05, 4.69) is 35.1 Å². The first-order valence-electron chi connectivity index (χ1n) is 6.49. The third kappa shape index (κ3) is 4.62. The number of hydrogen-bond acceptors (Lipinski definition) is 2. The van der Waals surface area contributed by atoms with Gasteiger partial charge in [0.2, 0.25) is 0 Å². The van der Waals surface area contributed by atoms with E-state index in [1.165, 1.54) is 17.7 Å². The Bertz CT molecular complexity index is 549. The van der Waals surface area contributed by atoms with Crippen molar-refractivity contribution in [1.82, 2.24) is 5.32 Å². The predicted octanol–water partition coefficient (Wildman–Crippen LogP) is 4.88. The number of halogens is 2. The smallest absolute Gasteiger partial charge is 0.131 e. The summed E-state index contributed by atoms with van der Waals surface area (Å²) in [5.74, 6) is 0.841. The number of benzene rings is 2. The number of rotatable bonds is 5. The Labute approximate surface area is 127 Å². The minimum Gasteiger partial charge on any atom is -0.457 e. The van der Waals surface area contributed by atoms with Crippen LogP contribution in [0.2, 0.25) is 0 Å². The van der Waals surface area contributed by atoms with Crippen molar-refractivity contribution in [1.29, 1.82) is 0 Å². The van der Waals surface area contributed by atoms with Crippen molar-refractivity contribution in [3.63, 3.8) is 0 Å². The topological polar surface area (TPSA) is 21.3 Å². The van der Waals surface area contributed by atoms with Crippen LogP contribution in [0.15, 0.2) is 46.9 Å². The number of ether oxygens (including phenoxy) is 1. The van der Waals surface area contributed by atoms with Gasteiger partial charge in [-0.2, -0.15) is 0 Å². The molecule has 0 fully saturated rings. The Hall–Kier alpha value is -1.39. The zero-order valence-corrected chi connectivity index (χ0v) is 13.1. The minimum absolute atomic E-state index is 0.327. The fraction of sp³-hybridized carbons (Fsp3) is 0.250. The summed E-state index contributed by atoms with van der Waals surface area (Å²) in [6.07, 6.45) is 0. The molecule has 0 amide bonds. The Morgan fingerprint density at radius 1 is 1.10 bits per heavy atom. The first kappa shape index (κ1) is 15.0. The second kappa shape index (κ2) is 6.86. The van der Waals surface area contributed by atoms with Gasteiger partial charge in [-0.1, -0.05) is 41.9 Å². The van der Waals surface area contributed by atoms with E-state index in [4.69, 9.17) is 4.74 Å². The van der Waals surface area contributed by atoms with E-state index in [1.54, 1.807) is 6.07 Å². The molecule has 106 valence electrons. The lowest BCUT2D eigenvalue weighted by Gasteiger charge is -2.10. The van der Waals surface area contributed by atoms with E-state index in [1.807, 2.05) is 24.3 Å². The summed E-state index contributed by atoms with van der Waals surface area (Å²) in [6.45, 7) is 5.04. The van der Waals surface area contributed by atoms with Crippen molar-refractivity contribution in [3.8, 4) is 11.5 Å². The van der Waals surface area contributed by atoms with E-state index < -0.39 is 0 Å². The Morgan fingerprint density at radius 3 is 2.40 bits per heavy atom. The predicted molar refractivity (Wildman–Crippen MR) is 82.6 cm³/mol. The van der Waals surface area contributed by atoms with Crippen molar-refractivity contribution in [2.75, 3.05) is 0 Å². The van der Waals surface area contributed by atoms with Crippen LogP contribution in [0.4, 0.5) is 4.39 Å².